The van der Waals surface area contributed by atoms with Gasteiger partial charge < -0.3 is 20.4 Å². The molecule has 5 heteroatoms. The second kappa shape index (κ2) is 9.78. The number of hydrogen-bond acceptors (Lipinski definition) is 2. The number of fused-ring (bicyclic) bond motifs is 1. The van der Waals surface area contributed by atoms with Gasteiger partial charge in [-0.2, -0.15) is 0 Å². The van der Waals surface area contributed by atoms with Crippen LogP contribution in [0.5, 0.6) is 0 Å². The summed E-state index contributed by atoms with van der Waals surface area (Å²) in [4.78, 5) is 7.63. The van der Waals surface area contributed by atoms with Crippen LogP contribution in [0.3, 0.4) is 0 Å². The first-order valence-electron chi connectivity index (χ1n) is 9.39. The lowest BCUT2D eigenvalue weighted by molar-refractivity contribution is 0.125. The lowest BCUT2D eigenvalue weighted by atomic mass is 10.1. The van der Waals surface area contributed by atoms with Crippen molar-refractivity contribution < 1.29 is 4.74 Å². The number of aryl methyl sites for hydroxylation is 1. The van der Waals surface area contributed by atoms with Crippen LogP contribution in [0.25, 0.3) is 10.9 Å². The van der Waals surface area contributed by atoms with Gasteiger partial charge in [0.25, 0.3) is 0 Å². The van der Waals surface area contributed by atoms with Crippen LogP contribution >= 0.6 is 0 Å². The average molecular weight is 364 g/mol. The van der Waals surface area contributed by atoms with Crippen molar-refractivity contribution in [1.82, 2.24) is 15.6 Å². The molecule has 0 amide bonds. The lowest BCUT2D eigenvalue weighted by Crippen LogP contribution is -2.39. The Morgan fingerprint density at radius 3 is 2.67 bits per heavy atom. The molecule has 0 saturated heterocycles. The van der Waals surface area contributed by atoms with Crippen molar-refractivity contribution in [2.24, 2.45) is 4.99 Å². The van der Waals surface area contributed by atoms with Gasteiger partial charge in [-0.05, 0) is 36.1 Å². The highest BCUT2D eigenvalue weighted by atomic mass is 16.5. The van der Waals surface area contributed by atoms with Crippen LogP contribution in [0, 0.1) is 6.92 Å². The van der Waals surface area contributed by atoms with Crippen LogP contribution in [0.15, 0.2) is 59.7 Å². The van der Waals surface area contributed by atoms with Crippen molar-refractivity contribution >= 4 is 16.9 Å². The van der Waals surface area contributed by atoms with Gasteiger partial charge in [-0.1, -0.05) is 42.5 Å². The number of aliphatic imine (C=N–C) groups is 1. The zero-order valence-corrected chi connectivity index (χ0v) is 16.1. The molecule has 0 atom stereocenters. The van der Waals surface area contributed by atoms with E-state index in [1.54, 1.807) is 7.05 Å². The second-order valence-corrected chi connectivity index (χ2v) is 6.53. The molecule has 3 aromatic rings. The fourth-order valence-corrected chi connectivity index (χ4v) is 3.19. The number of ether oxygens (including phenoxy) is 1. The molecule has 0 aliphatic rings. The van der Waals surface area contributed by atoms with E-state index in [9.17, 15) is 0 Å². The van der Waals surface area contributed by atoms with E-state index in [1.165, 1.54) is 27.6 Å². The van der Waals surface area contributed by atoms with Crippen LogP contribution in [0.1, 0.15) is 16.7 Å². The zero-order valence-electron chi connectivity index (χ0n) is 16.1. The highest BCUT2D eigenvalue weighted by Gasteiger charge is 2.06. The molecule has 3 N–H and O–H groups in total. The first-order valence-corrected chi connectivity index (χ1v) is 9.39. The quantitative estimate of drug-likeness (QED) is 0.326. The molecule has 3 rings (SSSR count). The third-order valence-electron chi connectivity index (χ3n) is 4.56. The Balaban J connectivity index is 1.38. The molecular formula is C22H28N4O. The van der Waals surface area contributed by atoms with Crippen molar-refractivity contribution in [3.8, 4) is 0 Å². The minimum atomic E-state index is 0.633. The number of benzene rings is 2. The molecule has 0 aliphatic carbocycles. The summed E-state index contributed by atoms with van der Waals surface area (Å²) in [6.45, 7) is 4.97. The highest BCUT2D eigenvalue weighted by Crippen LogP contribution is 2.22. The Hall–Kier alpha value is -2.79. The zero-order chi connectivity index (χ0) is 18.9. The summed E-state index contributed by atoms with van der Waals surface area (Å²) in [7, 11) is 1.79. The van der Waals surface area contributed by atoms with Crippen LogP contribution in [-0.4, -0.2) is 37.7 Å². The van der Waals surface area contributed by atoms with Crippen LogP contribution in [-0.2, 0) is 17.8 Å². The first-order chi connectivity index (χ1) is 13.3. The molecule has 1 aromatic heterocycles. The Morgan fingerprint density at radius 1 is 1.04 bits per heavy atom. The van der Waals surface area contributed by atoms with E-state index in [-0.39, 0.29) is 0 Å². The number of guanidine groups is 1. The van der Waals surface area contributed by atoms with Crippen molar-refractivity contribution in [1.29, 1.82) is 0 Å². The molecule has 0 spiro atoms. The van der Waals surface area contributed by atoms with Gasteiger partial charge in [0.1, 0.15) is 0 Å². The fourth-order valence-electron chi connectivity index (χ4n) is 3.19. The van der Waals surface area contributed by atoms with Crippen LogP contribution in [0.2, 0.25) is 0 Å². The van der Waals surface area contributed by atoms with E-state index < -0.39 is 0 Å². The lowest BCUT2D eigenvalue weighted by Gasteiger charge is -2.12. The van der Waals surface area contributed by atoms with Gasteiger partial charge in [0, 0.05) is 37.2 Å². The predicted molar refractivity (Wildman–Crippen MR) is 112 cm³/mol. The van der Waals surface area contributed by atoms with Gasteiger partial charge in [0.2, 0.25) is 0 Å². The third kappa shape index (κ3) is 5.34. The molecule has 1 heterocycles. The standard InChI is InChI=1S/C22H28N4O/c1-17-7-6-10-20-21(17)19(15-26-20)11-12-24-22(23-2)25-13-14-27-16-18-8-4-3-5-9-18/h3-10,15,26H,11-14,16H2,1-2H3,(H2,23,24,25). The maximum absolute atomic E-state index is 5.69. The highest BCUT2D eigenvalue weighted by molar-refractivity contribution is 5.86. The topological polar surface area (TPSA) is 61.4 Å². The smallest absolute Gasteiger partial charge is 0.191 e. The largest absolute Gasteiger partial charge is 0.375 e. The number of aromatic nitrogens is 1. The fraction of sp³-hybridized carbons (Fsp3) is 0.318. The van der Waals surface area contributed by atoms with E-state index >= 15 is 0 Å². The van der Waals surface area contributed by atoms with Gasteiger partial charge in [-0.3, -0.25) is 4.99 Å². The Labute approximate surface area is 160 Å². The Kier molecular flexibility index (Phi) is 6.88. The monoisotopic (exact) mass is 364 g/mol. The molecule has 142 valence electrons. The number of hydrogen-bond donors (Lipinski definition) is 3. The molecule has 0 fully saturated rings. The van der Waals surface area contributed by atoms with E-state index in [0.717, 1.165) is 25.5 Å². The number of rotatable bonds is 8. The van der Waals surface area contributed by atoms with Gasteiger partial charge in [0.15, 0.2) is 5.96 Å². The predicted octanol–water partition coefficient (Wildman–Crippen LogP) is 3.40. The molecule has 5 nitrogen and oxygen atoms in total. The number of nitrogens with zero attached hydrogens (tertiary/aromatic N) is 1. The minimum Gasteiger partial charge on any atom is -0.375 e. The second-order valence-electron chi connectivity index (χ2n) is 6.53. The molecule has 0 bridgehead atoms. The van der Waals surface area contributed by atoms with Crippen molar-refractivity contribution in [2.75, 3.05) is 26.7 Å². The van der Waals surface area contributed by atoms with E-state index in [1.807, 2.05) is 18.2 Å². The normalized spacial score (nSPS) is 11.7. The summed E-state index contributed by atoms with van der Waals surface area (Å²) in [5, 5.41) is 7.99. The average Bonchev–Trinajstić information content (AvgIpc) is 3.11. The summed E-state index contributed by atoms with van der Waals surface area (Å²) in [6, 6.07) is 16.6. The third-order valence-corrected chi connectivity index (χ3v) is 4.56. The summed E-state index contributed by atoms with van der Waals surface area (Å²) in [6.07, 6.45) is 3.04. The SMILES string of the molecule is CN=C(NCCOCc1ccccc1)NCCc1c[nH]c2cccc(C)c12. The van der Waals surface area contributed by atoms with E-state index in [4.69, 9.17) is 4.74 Å². The maximum atomic E-state index is 5.69. The van der Waals surface area contributed by atoms with E-state index in [2.05, 4.69) is 64.1 Å². The van der Waals surface area contributed by atoms with Crippen LogP contribution in [0.4, 0.5) is 0 Å². The molecule has 0 radical (unpaired) electrons. The van der Waals surface area contributed by atoms with Crippen LogP contribution < -0.4 is 10.6 Å². The molecular weight excluding hydrogens is 336 g/mol. The van der Waals surface area contributed by atoms with Crippen molar-refractivity contribution in [2.45, 2.75) is 20.0 Å². The molecule has 0 unspecified atom stereocenters. The Morgan fingerprint density at radius 2 is 1.85 bits per heavy atom. The van der Waals surface area contributed by atoms with Gasteiger partial charge in [-0.15, -0.1) is 0 Å². The van der Waals surface area contributed by atoms with Crippen molar-refractivity contribution in [3.05, 3.63) is 71.4 Å². The minimum absolute atomic E-state index is 0.633. The maximum Gasteiger partial charge on any atom is 0.191 e. The summed E-state index contributed by atoms with van der Waals surface area (Å²) < 4.78 is 5.69. The van der Waals surface area contributed by atoms with Gasteiger partial charge in [0.05, 0.1) is 13.2 Å². The number of aromatic amines is 1. The van der Waals surface area contributed by atoms with Gasteiger partial charge >= 0.3 is 0 Å². The summed E-state index contributed by atoms with van der Waals surface area (Å²) in [5.74, 6) is 0.801. The number of nitrogens with one attached hydrogen (secondary N) is 3. The van der Waals surface area contributed by atoms with E-state index in [0.29, 0.717) is 13.2 Å². The van der Waals surface area contributed by atoms with Gasteiger partial charge in [-0.25, -0.2) is 0 Å². The summed E-state index contributed by atoms with van der Waals surface area (Å²) >= 11 is 0. The molecule has 0 saturated carbocycles. The first kappa shape index (κ1) is 19.0. The summed E-state index contributed by atoms with van der Waals surface area (Å²) in [5.41, 5.74) is 5.02. The van der Waals surface area contributed by atoms with Crippen molar-refractivity contribution in [3.63, 3.8) is 0 Å². The number of H-pyrrole nitrogens is 1. The Bertz CT molecular complexity index is 870. The molecule has 0 aliphatic heterocycles. The molecule has 2 aromatic carbocycles. The molecule has 27 heavy (non-hydrogen) atoms.